The average molecular weight is 412 g/mol. The number of hydrogen-bond donors (Lipinski definition) is 0. The summed E-state index contributed by atoms with van der Waals surface area (Å²) in [6.07, 6.45) is 0.339. The molecule has 0 saturated carbocycles. The van der Waals surface area contributed by atoms with Crippen molar-refractivity contribution >= 4 is 16.8 Å². The van der Waals surface area contributed by atoms with Crippen LogP contribution < -0.4 is 0 Å². The van der Waals surface area contributed by atoms with Crippen LogP contribution in [0.5, 0.6) is 0 Å². The second-order valence-electron chi connectivity index (χ2n) is 6.78. The van der Waals surface area contributed by atoms with Gasteiger partial charge < -0.3 is 4.57 Å². The molecule has 0 N–H and O–H groups in total. The quantitative estimate of drug-likeness (QED) is 0.356. The van der Waals surface area contributed by atoms with Crippen molar-refractivity contribution in [2.75, 3.05) is 0 Å². The number of imidazole rings is 1. The zero-order valence-corrected chi connectivity index (χ0v) is 16.9. The fraction of sp³-hybridized carbons (Fsp3) is 0.0800. The first kappa shape index (κ1) is 19.6. The molecule has 0 aliphatic carbocycles. The third-order valence-corrected chi connectivity index (χ3v) is 5.08. The fourth-order valence-corrected chi connectivity index (χ4v) is 3.64. The van der Waals surface area contributed by atoms with Gasteiger partial charge in [0.1, 0.15) is 5.82 Å². The third kappa shape index (κ3) is 3.89. The molecule has 3 aromatic carbocycles. The van der Waals surface area contributed by atoms with Crippen molar-refractivity contribution in [3.05, 3.63) is 90.5 Å². The van der Waals surface area contributed by atoms with Gasteiger partial charge in [-0.15, -0.1) is 0 Å². The van der Waals surface area contributed by atoms with Crippen molar-refractivity contribution in [1.29, 1.82) is 5.26 Å². The van der Waals surface area contributed by atoms with Gasteiger partial charge in [-0.25, -0.2) is 4.98 Å². The van der Waals surface area contributed by atoms with E-state index in [0.29, 0.717) is 24.4 Å². The zero-order chi connectivity index (χ0) is 20.9. The Balaban J connectivity index is 2.01. The van der Waals surface area contributed by atoms with E-state index in [1.54, 1.807) is 18.2 Å². The molecule has 0 spiro atoms. The molecule has 0 fully saturated rings. The SMILES string of the molecule is N#CCCn1c(-c2cccc(C(=O)Cl)c2)nc(-c2ccccc2)c1-c1ccccc1. The van der Waals surface area contributed by atoms with Crippen LogP contribution in [0.4, 0.5) is 0 Å². The van der Waals surface area contributed by atoms with E-state index in [9.17, 15) is 10.1 Å². The largest absolute Gasteiger partial charge is 0.322 e. The lowest BCUT2D eigenvalue weighted by Gasteiger charge is -2.12. The van der Waals surface area contributed by atoms with E-state index < -0.39 is 5.24 Å². The molecule has 1 heterocycles. The first-order valence-electron chi connectivity index (χ1n) is 9.57. The minimum atomic E-state index is -0.515. The predicted octanol–water partition coefficient (Wildman–Crippen LogP) is 6.18. The van der Waals surface area contributed by atoms with Crippen LogP contribution in [0.2, 0.25) is 0 Å². The van der Waals surface area contributed by atoms with Gasteiger partial charge in [-0.1, -0.05) is 78.9 Å². The summed E-state index contributed by atoms with van der Waals surface area (Å²) >= 11 is 5.71. The highest BCUT2D eigenvalue weighted by Gasteiger charge is 2.21. The molecule has 1 aromatic heterocycles. The number of nitriles is 1. The first-order valence-corrected chi connectivity index (χ1v) is 9.95. The Morgan fingerprint density at radius 3 is 2.17 bits per heavy atom. The highest BCUT2D eigenvalue weighted by molar-refractivity contribution is 6.67. The molecule has 4 rings (SSSR count). The van der Waals surface area contributed by atoms with E-state index in [0.717, 1.165) is 28.1 Å². The molecule has 30 heavy (non-hydrogen) atoms. The van der Waals surface area contributed by atoms with E-state index in [1.807, 2.05) is 66.7 Å². The van der Waals surface area contributed by atoms with Crippen molar-refractivity contribution in [3.63, 3.8) is 0 Å². The minimum absolute atomic E-state index is 0.339. The number of rotatable bonds is 6. The number of benzene rings is 3. The van der Waals surface area contributed by atoms with Crippen LogP contribution in [0.3, 0.4) is 0 Å². The number of halogens is 1. The van der Waals surface area contributed by atoms with Crippen LogP contribution in [0, 0.1) is 11.3 Å². The van der Waals surface area contributed by atoms with Crippen LogP contribution in [0.25, 0.3) is 33.9 Å². The van der Waals surface area contributed by atoms with Gasteiger partial charge in [-0.2, -0.15) is 5.26 Å². The number of aromatic nitrogens is 2. The number of hydrogen-bond acceptors (Lipinski definition) is 3. The third-order valence-electron chi connectivity index (χ3n) is 4.86. The summed E-state index contributed by atoms with van der Waals surface area (Å²) in [5.41, 5.74) is 4.95. The zero-order valence-electron chi connectivity index (χ0n) is 16.1. The lowest BCUT2D eigenvalue weighted by Crippen LogP contribution is -2.03. The molecule has 4 nitrogen and oxygen atoms in total. The summed E-state index contributed by atoms with van der Waals surface area (Å²) < 4.78 is 2.05. The van der Waals surface area contributed by atoms with Gasteiger partial charge in [0, 0.05) is 28.8 Å². The molecule has 4 aromatic rings. The summed E-state index contributed by atoms with van der Waals surface area (Å²) in [6, 6.07) is 29.3. The molecule has 0 bridgehead atoms. The molecule has 0 amide bonds. The predicted molar refractivity (Wildman–Crippen MR) is 119 cm³/mol. The normalized spacial score (nSPS) is 10.5. The lowest BCUT2D eigenvalue weighted by atomic mass is 10.0. The maximum Gasteiger partial charge on any atom is 0.252 e. The highest BCUT2D eigenvalue weighted by atomic mass is 35.5. The van der Waals surface area contributed by atoms with Gasteiger partial charge in [0.15, 0.2) is 0 Å². The maximum atomic E-state index is 11.7. The van der Waals surface area contributed by atoms with Crippen molar-refractivity contribution in [3.8, 4) is 40.0 Å². The summed E-state index contributed by atoms with van der Waals surface area (Å²) in [4.78, 5) is 16.7. The summed E-state index contributed by atoms with van der Waals surface area (Å²) in [5.74, 6) is 0.697. The maximum absolute atomic E-state index is 11.7. The van der Waals surface area contributed by atoms with E-state index in [2.05, 4.69) is 10.6 Å². The monoisotopic (exact) mass is 411 g/mol. The Kier molecular flexibility index (Phi) is 5.74. The average Bonchev–Trinajstić information content (AvgIpc) is 3.18. The Bertz CT molecular complexity index is 1220. The number of nitrogens with zero attached hydrogens (tertiary/aromatic N) is 3. The number of carbonyl (C=O) groups is 1. The number of carbonyl (C=O) groups excluding carboxylic acids is 1. The van der Waals surface area contributed by atoms with Crippen LogP contribution in [0.1, 0.15) is 16.8 Å². The van der Waals surface area contributed by atoms with Crippen LogP contribution in [-0.2, 0) is 6.54 Å². The van der Waals surface area contributed by atoms with Gasteiger partial charge >= 0.3 is 0 Å². The van der Waals surface area contributed by atoms with Gasteiger partial charge in [0.2, 0.25) is 0 Å². The summed E-state index contributed by atoms with van der Waals surface area (Å²) in [5, 5.41) is 8.73. The molecule has 0 atom stereocenters. The first-order chi connectivity index (χ1) is 14.7. The molecular formula is C25H18ClN3O. The van der Waals surface area contributed by atoms with E-state index in [-0.39, 0.29) is 0 Å². The summed E-state index contributed by atoms with van der Waals surface area (Å²) in [6.45, 7) is 0.481. The standard InChI is InChI=1S/C25H18ClN3O/c26-24(30)20-13-7-14-21(17-20)25-28-22(18-9-3-1-4-10-18)23(29(25)16-8-15-27)19-11-5-2-6-12-19/h1-7,9-14,17H,8,16H2. The van der Waals surface area contributed by atoms with E-state index in [1.165, 1.54) is 0 Å². The van der Waals surface area contributed by atoms with Crippen molar-refractivity contribution in [2.45, 2.75) is 13.0 Å². The highest BCUT2D eigenvalue weighted by Crippen LogP contribution is 2.36. The topological polar surface area (TPSA) is 58.7 Å². The lowest BCUT2D eigenvalue weighted by molar-refractivity contribution is 0.108. The van der Waals surface area contributed by atoms with Crippen molar-refractivity contribution in [2.24, 2.45) is 0 Å². The summed E-state index contributed by atoms with van der Waals surface area (Å²) in [7, 11) is 0. The molecule has 5 heteroatoms. The van der Waals surface area contributed by atoms with Gasteiger partial charge in [-0.05, 0) is 17.7 Å². The Hall–Kier alpha value is -3.68. The molecule has 0 saturated heterocycles. The van der Waals surface area contributed by atoms with Gasteiger partial charge in [0.05, 0.1) is 23.9 Å². The van der Waals surface area contributed by atoms with Gasteiger partial charge in [0.25, 0.3) is 5.24 Å². The Labute approximate surface area is 180 Å². The van der Waals surface area contributed by atoms with Crippen molar-refractivity contribution in [1.82, 2.24) is 9.55 Å². The molecule has 146 valence electrons. The van der Waals surface area contributed by atoms with Gasteiger partial charge in [-0.3, -0.25) is 4.79 Å². The second-order valence-corrected chi connectivity index (χ2v) is 7.12. The molecule has 0 aliphatic heterocycles. The second kappa shape index (κ2) is 8.77. The van der Waals surface area contributed by atoms with Crippen molar-refractivity contribution < 1.29 is 4.79 Å². The van der Waals surface area contributed by atoms with Crippen LogP contribution >= 0.6 is 11.6 Å². The van der Waals surface area contributed by atoms with E-state index >= 15 is 0 Å². The molecule has 0 unspecified atom stereocenters. The smallest absolute Gasteiger partial charge is 0.252 e. The minimum Gasteiger partial charge on any atom is -0.322 e. The van der Waals surface area contributed by atoms with E-state index in [4.69, 9.17) is 16.6 Å². The molecule has 0 radical (unpaired) electrons. The van der Waals surface area contributed by atoms with Crippen LogP contribution in [-0.4, -0.2) is 14.8 Å². The fourth-order valence-electron chi connectivity index (χ4n) is 3.52. The molecular weight excluding hydrogens is 394 g/mol. The Morgan fingerprint density at radius 1 is 0.900 bits per heavy atom. The molecule has 0 aliphatic rings. The Morgan fingerprint density at radius 2 is 1.53 bits per heavy atom. The van der Waals surface area contributed by atoms with Crippen LogP contribution in [0.15, 0.2) is 84.9 Å².